The number of aliphatic hydroxyl groups excluding tert-OH is 1. The summed E-state index contributed by atoms with van der Waals surface area (Å²) in [5.74, 6) is -0.113. The SMILES string of the molecule is CC(=O)N[C@@]1(C)CCOC2(CCN(Cc3cccc(-n4cccn4)c3)CC2)[C@@H]1O. The molecule has 2 aromatic rings. The first kappa shape index (κ1) is 20.1. The minimum Gasteiger partial charge on any atom is -0.388 e. The maximum absolute atomic E-state index is 11.6. The number of nitrogens with one attached hydrogen (secondary N) is 1. The van der Waals surface area contributed by atoms with Crippen molar-refractivity contribution in [3.05, 3.63) is 48.3 Å². The third-order valence-corrected chi connectivity index (χ3v) is 6.36. The van der Waals surface area contributed by atoms with Gasteiger partial charge in [-0.05, 0) is 49.9 Å². The molecule has 156 valence electrons. The van der Waals surface area contributed by atoms with Gasteiger partial charge in [0.15, 0.2) is 0 Å². The molecule has 29 heavy (non-hydrogen) atoms. The molecule has 1 amide bonds. The molecule has 7 nitrogen and oxygen atoms in total. The smallest absolute Gasteiger partial charge is 0.217 e. The summed E-state index contributed by atoms with van der Waals surface area (Å²) in [4.78, 5) is 14.0. The van der Waals surface area contributed by atoms with E-state index in [0.717, 1.165) is 38.2 Å². The third kappa shape index (κ3) is 4.08. The highest BCUT2D eigenvalue weighted by Gasteiger charge is 2.53. The van der Waals surface area contributed by atoms with Gasteiger partial charge in [-0.25, -0.2) is 4.68 Å². The van der Waals surface area contributed by atoms with Gasteiger partial charge in [-0.3, -0.25) is 9.69 Å². The monoisotopic (exact) mass is 398 g/mol. The van der Waals surface area contributed by atoms with Gasteiger partial charge in [-0.1, -0.05) is 12.1 Å². The van der Waals surface area contributed by atoms with Crippen LogP contribution in [0.4, 0.5) is 0 Å². The van der Waals surface area contributed by atoms with Crippen molar-refractivity contribution >= 4 is 5.91 Å². The van der Waals surface area contributed by atoms with Crippen molar-refractivity contribution in [1.29, 1.82) is 0 Å². The lowest BCUT2D eigenvalue weighted by molar-refractivity contribution is -0.208. The highest BCUT2D eigenvalue weighted by Crippen LogP contribution is 2.40. The molecule has 1 aromatic heterocycles. The summed E-state index contributed by atoms with van der Waals surface area (Å²) >= 11 is 0. The average molecular weight is 399 g/mol. The van der Waals surface area contributed by atoms with Crippen LogP contribution < -0.4 is 5.32 Å². The van der Waals surface area contributed by atoms with Crippen LogP contribution in [0.2, 0.25) is 0 Å². The largest absolute Gasteiger partial charge is 0.388 e. The summed E-state index contributed by atoms with van der Waals surface area (Å²) in [6, 6.07) is 10.3. The van der Waals surface area contributed by atoms with Crippen molar-refractivity contribution in [3.8, 4) is 5.69 Å². The van der Waals surface area contributed by atoms with E-state index in [-0.39, 0.29) is 5.91 Å². The van der Waals surface area contributed by atoms with Crippen LogP contribution in [0.3, 0.4) is 0 Å². The highest BCUT2D eigenvalue weighted by molar-refractivity contribution is 5.74. The van der Waals surface area contributed by atoms with E-state index >= 15 is 0 Å². The zero-order valence-corrected chi connectivity index (χ0v) is 17.2. The van der Waals surface area contributed by atoms with Gasteiger partial charge in [0.2, 0.25) is 5.91 Å². The number of piperidine rings is 1. The molecular formula is C22H30N4O3. The van der Waals surface area contributed by atoms with Crippen LogP contribution in [0.1, 0.15) is 38.7 Å². The molecule has 2 aliphatic heterocycles. The first-order valence-electron chi connectivity index (χ1n) is 10.3. The van der Waals surface area contributed by atoms with E-state index in [1.807, 2.05) is 23.9 Å². The highest BCUT2D eigenvalue weighted by atomic mass is 16.5. The topological polar surface area (TPSA) is 79.6 Å². The maximum atomic E-state index is 11.6. The van der Waals surface area contributed by atoms with Crippen molar-refractivity contribution in [2.24, 2.45) is 0 Å². The Labute approximate surface area is 171 Å². The molecule has 4 rings (SSSR count). The number of ether oxygens (including phenoxy) is 1. The molecule has 0 saturated carbocycles. The molecule has 0 aliphatic carbocycles. The second kappa shape index (κ2) is 7.89. The van der Waals surface area contributed by atoms with Gasteiger partial charge in [-0.2, -0.15) is 5.10 Å². The molecular weight excluding hydrogens is 368 g/mol. The van der Waals surface area contributed by atoms with Crippen molar-refractivity contribution in [2.75, 3.05) is 19.7 Å². The van der Waals surface area contributed by atoms with Gasteiger partial charge in [0.25, 0.3) is 0 Å². The molecule has 2 atom stereocenters. The number of aliphatic hydroxyl groups is 1. The van der Waals surface area contributed by atoms with E-state index in [2.05, 4.69) is 39.6 Å². The van der Waals surface area contributed by atoms with E-state index in [1.54, 1.807) is 6.20 Å². The Balaban J connectivity index is 1.41. The Morgan fingerprint density at radius 2 is 2.10 bits per heavy atom. The number of aromatic nitrogens is 2. The fourth-order valence-electron chi connectivity index (χ4n) is 4.78. The zero-order valence-electron chi connectivity index (χ0n) is 17.2. The van der Waals surface area contributed by atoms with Crippen LogP contribution in [0.15, 0.2) is 42.7 Å². The molecule has 2 fully saturated rings. The number of carbonyl (C=O) groups excluding carboxylic acids is 1. The second-order valence-corrected chi connectivity index (χ2v) is 8.56. The van der Waals surface area contributed by atoms with Crippen molar-refractivity contribution in [3.63, 3.8) is 0 Å². The fraction of sp³-hybridized carbons (Fsp3) is 0.545. The summed E-state index contributed by atoms with van der Waals surface area (Å²) in [5, 5.41) is 18.4. The van der Waals surface area contributed by atoms with Crippen LogP contribution in [0, 0.1) is 0 Å². The van der Waals surface area contributed by atoms with Gasteiger partial charge in [0, 0.05) is 45.6 Å². The number of amides is 1. The van der Waals surface area contributed by atoms with Gasteiger partial charge in [0.05, 0.1) is 16.8 Å². The molecule has 0 radical (unpaired) electrons. The van der Waals surface area contributed by atoms with Gasteiger partial charge >= 0.3 is 0 Å². The number of hydrogen-bond acceptors (Lipinski definition) is 5. The minimum absolute atomic E-state index is 0.113. The van der Waals surface area contributed by atoms with E-state index in [9.17, 15) is 9.90 Å². The molecule has 7 heteroatoms. The van der Waals surface area contributed by atoms with Gasteiger partial charge in [-0.15, -0.1) is 0 Å². The second-order valence-electron chi connectivity index (χ2n) is 8.56. The molecule has 0 bridgehead atoms. The Morgan fingerprint density at radius 3 is 2.79 bits per heavy atom. The molecule has 3 heterocycles. The molecule has 0 unspecified atom stereocenters. The van der Waals surface area contributed by atoms with Crippen LogP contribution in [-0.2, 0) is 16.1 Å². The van der Waals surface area contributed by atoms with E-state index in [4.69, 9.17) is 4.74 Å². The number of nitrogens with zero attached hydrogens (tertiary/aromatic N) is 3. The lowest BCUT2D eigenvalue weighted by atomic mass is 9.73. The van der Waals surface area contributed by atoms with Crippen LogP contribution in [0.5, 0.6) is 0 Å². The van der Waals surface area contributed by atoms with Crippen molar-refractivity contribution in [2.45, 2.75) is 56.9 Å². The maximum Gasteiger partial charge on any atom is 0.217 e. The van der Waals surface area contributed by atoms with E-state index in [1.165, 1.54) is 12.5 Å². The number of benzene rings is 1. The van der Waals surface area contributed by atoms with Gasteiger partial charge < -0.3 is 15.2 Å². The molecule has 1 spiro atoms. The fourth-order valence-corrected chi connectivity index (χ4v) is 4.78. The summed E-state index contributed by atoms with van der Waals surface area (Å²) in [5.41, 5.74) is 1.08. The first-order valence-corrected chi connectivity index (χ1v) is 10.3. The predicted octanol–water partition coefficient (Wildman–Crippen LogP) is 1.88. The van der Waals surface area contributed by atoms with Crippen molar-refractivity contribution < 1.29 is 14.6 Å². The number of hydrogen-bond donors (Lipinski definition) is 2. The Morgan fingerprint density at radius 1 is 1.31 bits per heavy atom. The summed E-state index contributed by atoms with van der Waals surface area (Å²) < 4.78 is 7.99. The Kier molecular flexibility index (Phi) is 5.46. The zero-order chi connectivity index (χ0) is 20.5. The number of carbonyl (C=O) groups is 1. The lowest BCUT2D eigenvalue weighted by Crippen LogP contribution is -2.69. The normalized spacial score (nSPS) is 27.1. The van der Waals surface area contributed by atoms with Crippen LogP contribution >= 0.6 is 0 Å². The number of rotatable bonds is 4. The average Bonchev–Trinajstić information content (AvgIpc) is 3.23. The van der Waals surface area contributed by atoms with E-state index in [0.29, 0.717) is 13.0 Å². The molecule has 1 aromatic carbocycles. The summed E-state index contributed by atoms with van der Waals surface area (Å²) in [6.45, 7) is 6.53. The summed E-state index contributed by atoms with van der Waals surface area (Å²) in [7, 11) is 0. The number of likely N-dealkylation sites (tertiary alicyclic amines) is 1. The first-order chi connectivity index (χ1) is 13.9. The lowest BCUT2D eigenvalue weighted by Gasteiger charge is -2.53. The predicted molar refractivity (Wildman–Crippen MR) is 110 cm³/mol. The Hall–Kier alpha value is -2.22. The summed E-state index contributed by atoms with van der Waals surface area (Å²) in [6.07, 6.45) is 5.14. The minimum atomic E-state index is -0.710. The van der Waals surface area contributed by atoms with Gasteiger partial charge in [0.1, 0.15) is 6.10 Å². The third-order valence-electron chi connectivity index (χ3n) is 6.36. The Bertz CT molecular complexity index is 846. The van der Waals surface area contributed by atoms with Crippen LogP contribution in [-0.4, -0.2) is 62.6 Å². The quantitative estimate of drug-likeness (QED) is 0.822. The van der Waals surface area contributed by atoms with Crippen molar-refractivity contribution in [1.82, 2.24) is 20.0 Å². The standard InChI is InChI=1S/C22H30N4O3/c1-17(27)24-21(2)9-14-29-22(20(21)28)7-12-25(13-8-22)16-18-5-3-6-19(15-18)26-11-4-10-23-26/h3-6,10-11,15,20,28H,7-9,12-14,16H2,1-2H3,(H,24,27)/t20-,21+/m1/s1. The van der Waals surface area contributed by atoms with Crippen LogP contribution in [0.25, 0.3) is 5.69 Å². The van der Waals surface area contributed by atoms with E-state index < -0.39 is 17.2 Å². The molecule has 2 aliphatic rings. The molecule has 2 saturated heterocycles. The molecule has 2 N–H and O–H groups in total.